The highest BCUT2D eigenvalue weighted by Crippen LogP contribution is 2.25. The fourth-order valence-electron chi connectivity index (χ4n) is 2.05. The van der Waals surface area contributed by atoms with Gasteiger partial charge in [-0.3, -0.25) is 9.69 Å². The van der Waals surface area contributed by atoms with Crippen LogP contribution in [0.3, 0.4) is 0 Å². The Balaban J connectivity index is 2.65. The second kappa shape index (κ2) is 3.56. The molecular weight excluding hydrogens is 150 g/mol. The van der Waals surface area contributed by atoms with Crippen LogP contribution in [0.15, 0.2) is 0 Å². The van der Waals surface area contributed by atoms with Crippen molar-refractivity contribution in [1.29, 1.82) is 0 Å². The molecule has 0 saturated carbocycles. The summed E-state index contributed by atoms with van der Waals surface area (Å²) in [5.41, 5.74) is 0. The normalized spacial score (nSPS) is 31.4. The monoisotopic (exact) mass is 169 g/mol. The van der Waals surface area contributed by atoms with Crippen LogP contribution in [-0.2, 0) is 4.79 Å². The van der Waals surface area contributed by atoms with Gasteiger partial charge in [0.05, 0.1) is 6.04 Å². The Hall–Kier alpha value is -0.370. The molecule has 0 N–H and O–H groups in total. The Morgan fingerprint density at radius 2 is 2.08 bits per heavy atom. The Bertz CT molecular complexity index is 177. The van der Waals surface area contributed by atoms with Crippen molar-refractivity contribution in [2.75, 3.05) is 6.54 Å². The Morgan fingerprint density at radius 3 is 2.42 bits per heavy atom. The summed E-state index contributed by atoms with van der Waals surface area (Å²) in [6, 6.07) is 0.698. The minimum absolute atomic E-state index is 0.194. The van der Waals surface area contributed by atoms with Gasteiger partial charge in [-0.1, -0.05) is 6.92 Å². The van der Waals surface area contributed by atoms with Gasteiger partial charge in [-0.05, 0) is 33.1 Å². The zero-order chi connectivity index (χ0) is 9.30. The van der Waals surface area contributed by atoms with E-state index in [1.165, 1.54) is 0 Å². The molecular formula is C10H19NO. The molecule has 2 nitrogen and oxygen atoms in total. The molecule has 0 amide bonds. The summed E-state index contributed by atoms with van der Waals surface area (Å²) in [5, 5.41) is 0. The molecule has 2 heteroatoms. The van der Waals surface area contributed by atoms with E-state index in [0.29, 0.717) is 17.7 Å². The number of likely N-dealkylation sites (tertiary alicyclic amines) is 1. The molecule has 0 aromatic carbocycles. The first-order valence-corrected chi connectivity index (χ1v) is 4.78. The molecule has 1 fully saturated rings. The lowest BCUT2D eigenvalue weighted by molar-refractivity contribution is -0.121. The molecule has 0 aromatic heterocycles. The molecule has 70 valence electrons. The fourth-order valence-corrected chi connectivity index (χ4v) is 2.05. The number of nitrogens with zero attached hydrogens (tertiary/aromatic N) is 1. The molecule has 1 aliphatic rings. The number of carbonyl (C=O) groups excluding carboxylic acids is 1. The van der Waals surface area contributed by atoms with Crippen LogP contribution >= 0.6 is 0 Å². The first kappa shape index (κ1) is 9.72. The third kappa shape index (κ3) is 1.86. The zero-order valence-corrected chi connectivity index (χ0v) is 8.50. The van der Waals surface area contributed by atoms with Crippen LogP contribution in [0, 0.1) is 5.92 Å². The van der Waals surface area contributed by atoms with Crippen molar-refractivity contribution in [1.82, 2.24) is 4.90 Å². The van der Waals surface area contributed by atoms with Gasteiger partial charge in [0.25, 0.3) is 0 Å². The van der Waals surface area contributed by atoms with Crippen LogP contribution in [0.25, 0.3) is 0 Å². The van der Waals surface area contributed by atoms with E-state index in [2.05, 4.69) is 25.7 Å². The molecule has 0 bridgehead atoms. The summed E-state index contributed by atoms with van der Waals surface area (Å²) in [6.07, 6.45) is 1.05. The number of carbonyl (C=O) groups is 1. The summed E-state index contributed by atoms with van der Waals surface area (Å²) >= 11 is 0. The minimum Gasteiger partial charge on any atom is -0.298 e. The molecule has 1 rings (SSSR count). The van der Waals surface area contributed by atoms with Crippen molar-refractivity contribution in [3.63, 3.8) is 0 Å². The van der Waals surface area contributed by atoms with Gasteiger partial charge < -0.3 is 0 Å². The van der Waals surface area contributed by atoms with Crippen molar-refractivity contribution in [2.45, 2.75) is 46.2 Å². The highest BCUT2D eigenvalue weighted by Gasteiger charge is 2.33. The number of hydrogen-bond acceptors (Lipinski definition) is 2. The van der Waals surface area contributed by atoms with Crippen LogP contribution < -0.4 is 0 Å². The maximum Gasteiger partial charge on any atom is 0.146 e. The van der Waals surface area contributed by atoms with E-state index in [4.69, 9.17) is 0 Å². The van der Waals surface area contributed by atoms with Gasteiger partial charge in [0.2, 0.25) is 0 Å². The van der Waals surface area contributed by atoms with Crippen molar-refractivity contribution in [3.05, 3.63) is 0 Å². The van der Waals surface area contributed by atoms with E-state index in [1.807, 2.05) is 0 Å². The van der Waals surface area contributed by atoms with Gasteiger partial charge in [0.1, 0.15) is 5.78 Å². The maximum atomic E-state index is 11.3. The van der Waals surface area contributed by atoms with Crippen LogP contribution in [0.5, 0.6) is 0 Å². The van der Waals surface area contributed by atoms with E-state index < -0.39 is 0 Å². The van der Waals surface area contributed by atoms with E-state index in [9.17, 15) is 4.79 Å². The molecule has 1 aliphatic heterocycles. The first-order valence-electron chi connectivity index (χ1n) is 4.78. The second-order valence-corrected chi connectivity index (χ2v) is 4.26. The van der Waals surface area contributed by atoms with Crippen LogP contribution in [0.1, 0.15) is 34.1 Å². The number of hydrogen-bond donors (Lipinski definition) is 0. The van der Waals surface area contributed by atoms with E-state index in [1.54, 1.807) is 6.92 Å². The Morgan fingerprint density at radius 1 is 1.50 bits per heavy atom. The van der Waals surface area contributed by atoms with Crippen molar-refractivity contribution in [3.8, 4) is 0 Å². The molecule has 1 saturated heterocycles. The highest BCUT2D eigenvalue weighted by atomic mass is 16.1. The van der Waals surface area contributed by atoms with Gasteiger partial charge >= 0.3 is 0 Å². The van der Waals surface area contributed by atoms with Crippen LogP contribution in [0.2, 0.25) is 0 Å². The van der Waals surface area contributed by atoms with Gasteiger partial charge in [0, 0.05) is 12.6 Å². The highest BCUT2D eigenvalue weighted by molar-refractivity contribution is 5.81. The quantitative estimate of drug-likeness (QED) is 0.627. The molecule has 0 aliphatic carbocycles. The fraction of sp³-hybridized carbons (Fsp3) is 0.900. The van der Waals surface area contributed by atoms with Crippen molar-refractivity contribution >= 4 is 5.78 Å². The Kier molecular flexibility index (Phi) is 2.89. The van der Waals surface area contributed by atoms with E-state index in [-0.39, 0.29) is 6.04 Å². The summed E-state index contributed by atoms with van der Waals surface area (Å²) in [7, 11) is 0. The molecule has 0 radical (unpaired) electrons. The summed E-state index contributed by atoms with van der Waals surface area (Å²) in [6.45, 7) is 9.33. The summed E-state index contributed by atoms with van der Waals surface area (Å²) in [5.74, 6) is 1.01. The molecule has 2 atom stereocenters. The molecule has 1 heterocycles. The summed E-state index contributed by atoms with van der Waals surface area (Å²) in [4.78, 5) is 13.6. The zero-order valence-electron chi connectivity index (χ0n) is 8.50. The average molecular weight is 169 g/mol. The lowest BCUT2D eigenvalue weighted by Crippen LogP contribution is -2.39. The minimum atomic E-state index is 0.194. The maximum absolute atomic E-state index is 11.3. The average Bonchev–Trinajstić information content (AvgIpc) is 2.31. The van der Waals surface area contributed by atoms with Crippen LogP contribution in [0.4, 0.5) is 0 Å². The number of ketones is 1. The first-order chi connectivity index (χ1) is 5.52. The second-order valence-electron chi connectivity index (χ2n) is 4.26. The molecule has 0 aromatic rings. The van der Waals surface area contributed by atoms with Crippen LogP contribution in [-0.4, -0.2) is 29.3 Å². The largest absolute Gasteiger partial charge is 0.298 e. The third-order valence-corrected chi connectivity index (χ3v) is 2.68. The number of rotatable bonds is 2. The van der Waals surface area contributed by atoms with E-state index in [0.717, 1.165) is 13.0 Å². The number of Topliss-reactive ketones (excluding diaryl/α,β-unsaturated/α-hetero) is 1. The summed E-state index contributed by atoms with van der Waals surface area (Å²) < 4.78 is 0. The molecule has 2 unspecified atom stereocenters. The van der Waals surface area contributed by atoms with Gasteiger partial charge in [0.15, 0.2) is 0 Å². The topological polar surface area (TPSA) is 20.3 Å². The lowest BCUT2D eigenvalue weighted by Gasteiger charge is -2.26. The van der Waals surface area contributed by atoms with E-state index >= 15 is 0 Å². The molecule has 0 spiro atoms. The SMILES string of the molecule is CC(=O)C1CC(C)CN1C(C)C. The van der Waals surface area contributed by atoms with Gasteiger partial charge in [-0.25, -0.2) is 0 Å². The van der Waals surface area contributed by atoms with Gasteiger partial charge in [-0.2, -0.15) is 0 Å². The molecule has 12 heavy (non-hydrogen) atoms. The third-order valence-electron chi connectivity index (χ3n) is 2.68. The predicted octanol–water partition coefficient (Wildman–Crippen LogP) is 1.69. The lowest BCUT2D eigenvalue weighted by atomic mass is 10.1. The van der Waals surface area contributed by atoms with Crippen molar-refractivity contribution < 1.29 is 4.79 Å². The predicted molar refractivity (Wildman–Crippen MR) is 50.1 cm³/mol. The standard InChI is InChI=1S/C10H19NO/c1-7(2)11-6-8(3)5-10(11)9(4)12/h7-8,10H,5-6H2,1-4H3. The smallest absolute Gasteiger partial charge is 0.146 e. The Labute approximate surface area is 74.9 Å². The van der Waals surface area contributed by atoms with Crippen molar-refractivity contribution in [2.24, 2.45) is 5.92 Å². The van der Waals surface area contributed by atoms with Gasteiger partial charge in [-0.15, -0.1) is 0 Å².